The Kier molecular flexibility index (Phi) is 2.60. The summed E-state index contributed by atoms with van der Waals surface area (Å²) < 4.78 is 6.83. The molecule has 0 fully saturated rings. The zero-order valence-electron chi connectivity index (χ0n) is 9.85. The molecule has 0 N–H and O–H groups in total. The Hall–Kier alpha value is -1.91. The first-order valence-corrected chi connectivity index (χ1v) is 5.03. The van der Waals surface area contributed by atoms with Gasteiger partial charge in [0.25, 0.3) is 5.95 Å². The van der Waals surface area contributed by atoms with Crippen molar-refractivity contribution in [2.45, 2.75) is 20.8 Å². The van der Waals surface area contributed by atoms with Crippen molar-refractivity contribution in [3.05, 3.63) is 29.2 Å². The fraction of sp³-hybridized carbons (Fsp3) is 0.364. The second kappa shape index (κ2) is 3.92. The van der Waals surface area contributed by atoms with Gasteiger partial charge in [0.1, 0.15) is 0 Å². The predicted molar refractivity (Wildman–Crippen MR) is 59.9 cm³/mol. The van der Waals surface area contributed by atoms with Gasteiger partial charge in [-0.15, -0.1) is 0 Å². The molecule has 5 heteroatoms. The average molecular weight is 218 g/mol. The number of hydrogen-bond donors (Lipinski definition) is 0. The highest BCUT2D eigenvalue weighted by molar-refractivity contribution is 5.26. The maximum absolute atomic E-state index is 5.22. The quantitative estimate of drug-likeness (QED) is 0.768. The van der Waals surface area contributed by atoms with Crippen molar-refractivity contribution in [3.63, 3.8) is 0 Å². The van der Waals surface area contributed by atoms with Crippen molar-refractivity contribution in [2.75, 3.05) is 7.11 Å². The largest absolute Gasteiger partial charge is 0.481 e. The highest BCUT2D eigenvalue weighted by Gasteiger charge is 2.10. The summed E-state index contributed by atoms with van der Waals surface area (Å²) in [5.74, 6) is 1.19. The van der Waals surface area contributed by atoms with Crippen LogP contribution in [0.4, 0.5) is 0 Å². The molecule has 2 aromatic rings. The Balaban J connectivity index is 2.57. The van der Waals surface area contributed by atoms with E-state index in [0.29, 0.717) is 11.8 Å². The topological polar surface area (TPSA) is 52.8 Å². The van der Waals surface area contributed by atoms with Gasteiger partial charge in [0.05, 0.1) is 12.8 Å². The molecule has 0 aliphatic carbocycles. The lowest BCUT2D eigenvalue weighted by molar-refractivity contribution is 0.381. The third-order valence-corrected chi connectivity index (χ3v) is 2.17. The lowest BCUT2D eigenvalue weighted by atomic mass is 10.4. The van der Waals surface area contributed by atoms with E-state index in [1.54, 1.807) is 11.8 Å². The molecular formula is C11H14N4O. The van der Waals surface area contributed by atoms with Crippen LogP contribution in [0.15, 0.2) is 12.1 Å². The molecular weight excluding hydrogens is 204 g/mol. The predicted octanol–water partition coefficient (Wildman–Crippen LogP) is 1.60. The van der Waals surface area contributed by atoms with E-state index in [1.165, 1.54) is 0 Å². The van der Waals surface area contributed by atoms with Gasteiger partial charge in [-0.25, -0.2) is 9.97 Å². The van der Waals surface area contributed by atoms with Gasteiger partial charge in [0, 0.05) is 17.5 Å². The summed E-state index contributed by atoms with van der Waals surface area (Å²) in [5.41, 5.74) is 2.70. The maximum atomic E-state index is 5.22. The molecule has 0 bridgehead atoms. The summed E-state index contributed by atoms with van der Waals surface area (Å²) in [5, 5.41) is 4.30. The molecule has 0 saturated heterocycles. The minimum atomic E-state index is 0.544. The molecule has 0 amide bonds. The highest BCUT2D eigenvalue weighted by Crippen LogP contribution is 2.16. The smallest absolute Gasteiger partial charge is 0.254 e. The molecule has 0 spiro atoms. The molecule has 2 aromatic heterocycles. The second-order valence-corrected chi connectivity index (χ2v) is 3.69. The number of methoxy groups -OCH3 is 1. The van der Waals surface area contributed by atoms with Crippen LogP contribution in [0.3, 0.4) is 0 Å². The molecule has 2 heterocycles. The Morgan fingerprint density at radius 2 is 1.62 bits per heavy atom. The van der Waals surface area contributed by atoms with Crippen molar-refractivity contribution in [1.29, 1.82) is 0 Å². The summed E-state index contributed by atoms with van der Waals surface area (Å²) in [6, 6.07) is 3.77. The number of nitrogens with zero attached hydrogens (tertiary/aromatic N) is 4. The number of aromatic nitrogens is 4. The highest BCUT2D eigenvalue weighted by atomic mass is 16.5. The van der Waals surface area contributed by atoms with E-state index < -0.39 is 0 Å². The van der Waals surface area contributed by atoms with E-state index in [4.69, 9.17) is 4.74 Å². The molecule has 0 unspecified atom stereocenters. The van der Waals surface area contributed by atoms with Crippen molar-refractivity contribution in [2.24, 2.45) is 0 Å². The van der Waals surface area contributed by atoms with E-state index in [0.717, 1.165) is 17.1 Å². The number of aryl methyl sites for hydroxylation is 3. The van der Waals surface area contributed by atoms with Gasteiger partial charge in [-0.05, 0) is 26.8 Å². The molecule has 0 radical (unpaired) electrons. The van der Waals surface area contributed by atoms with Crippen LogP contribution in [-0.2, 0) is 0 Å². The molecule has 0 saturated carbocycles. The second-order valence-electron chi connectivity index (χ2n) is 3.69. The van der Waals surface area contributed by atoms with Crippen LogP contribution < -0.4 is 4.74 Å². The summed E-state index contributed by atoms with van der Waals surface area (Å²) in [7, 11) is 1.61. The van der Waals surface area contributed by atoms with E-state index in [-0.39, 0.29) is 0 Å². The van der Waals surface area contributed by atoms with Crippen LogP contribution >= 0.6 is 0 Å². The van der Waals surface area contributed by atoms with Gasteiger partial charge < -0.3 is 4.74 Å². The molecule has 84 valence electrons. The first kappa shape index (κ1) is 10.6. The summed E-state index contributed by atoms with van der Waals surface area (Å²) in [4.78, 5) is 8.67. The minimum absolute atomic E-state index is 0.544. The number of ether oxygens (including phenoxy) is 1. The van der Waals surface area contributed by atoms with E-state index in [2.05, 4.69) is 15.1 Å². The molecule has 2 rings (SSSR count). The minimum Gasteiger partial charge on any atom is -0.481 e. The van der Waals surface area contributed by atoms with E-state index >= 15 is 0 Å². The van der Waals surface area contributed by atoms with E-state index in [1.807, 2.05) is 32.9 Å². The Morgan fingerprint density at radius 3 is 2.19 bits per heavy atom. The van der Waals surface area contributed by atoms with Crippen LogP contribution in [0.5, 0.6) is 5.88 Å². The first-order chi connectivity index (χ1) is 7.60. The summed E-state index contributed by atoms with van der Waals surface area (Å²) in [6.07, 6.45) is 0. The molecule has 16 heavy (non-hydrogen) atoms. The van der Waals surface area contributed by atoms with Crippen molar-refractivity contribution in [1.82, 2.24) is 19.7 Å². The van der Waals surface area contributed by atoms with Gasteiger partial charge in [-0.2, -0.15) is 9.78 Å². The maximum Gasteiger partial charge on any atom is 0.254 e. The molecule has 0 aliphatic heterocycles. The Labute approximate surface area is 94.1 Å². The lowest BCUT2D eigenvalue weighted by Crippen LogP contribution is -2.07. The van der Waals surface area contributed by atoms with Crippen LogP contribution in [0, 0.1) is 20.8 Å². The summed E-state index contributed by atoms with van der Waals surface area (Å²) in [6.45, 7) is 5.77. The van der Waals surface area contributed by atoms with Gasteiger partial charge in [-0.1, -0.05) is 0 Å². The first-order valence-electron chi connectivity index (χ1n) is 5.03. The molecule has 0 aromatic carbocycles. The third kappa shape index (κ3) is 1.88. The fourth-order valence-electron chi connectivity index (χ4n) is 1.57. The zero-order chi connectivity index (χ0) is 11.7. The molecule has 0 aliphatic rings. The van der Waals surface area contributed by atoms with Gasteiger partial charge in [0.2, 0.25) is 5.88 Å². The van der Waals surface area contributed by atoms with E-state index in [9.17, 15) is 0 Å². The van der Waals surface area contributed by atoms with Crippen molar-refractivity contribution >= 4 is 0 Å². The number of hydrogen-bond acceptors (Lipinski definition) is 4. The van der Waals surface area contributed by atoms with Crippen LogP contribution in [0.1, 0.15) is 17.1 Å². The van der Waals surface area contributed by atoms with Gasteiger partial charge in [-0.3, -0.25) is 0 Å². The molecule has 5 nitrogen and oxygen atoms in total. The van der Waals surface area contributed by atoms with Crippen molar-refractivity contribution in [3.8, 4) is 11.8 Å². The van der Waals surface area contributed by atoms with Crippen molar-refractivity contribution < 1.29 is 4.74 Å². The zero-order valence-corrected chi connectivity index (χ0v) is 9.85. The standard InChI is InChI=1S/C11H14N4O/c1-7-5-8(2)13-11(12-7)15-10(16-4)6-9(3)14-15/h5-6H,1-4H3. The Morgan fingerprint density at radius 1 is 1.00 bits per heavy atom. The normalized spacial score (nSPS) is 10.5. The van der Waals surface area contributed by atoms with Crippen LogP contribution in [0.2, 0.25) is 0 Å². The monoisotopic (exact) mass is 218 g/mol. The van der Waals surface area contributed by atoms with Crippen LogP contribution in [0.25, 0.3) is 5.95 Å². The van der Waals surface area contributed by atoms with Gasteiger partial charge >= 0.3 is 0 Å². The average Bonchev–Trinajstić information content (AvgIpc) is 2.58. The fourth-order valence-corrected chi connectivity index (χ4v) is 1.57. The third-order valence-electron chi connectivity index (χ3n) is 2.17. The summed E-state index contributed by atoms with van der Waals surface area (Å²) >= 11 is 0. The Bertz CT molecular complexity index is 498. The van der Waals surface area contributed by atoms with Crippen LogP contribution in [-0.4, -0.2) is 26.9 Å². The number of rotatable bonds is 2. The lowest BCUT2D eigenvalue weighted by Gasteiger charge is -2.05. The van der Waals surface area contributed by atoms with Gasteiger partial charge in [0.15, 0.2) is 0 Å². The molecule has 0 atom stereocenters. The SMILES string of the molecule is COc1cc(C)nn1-c1nc(C)cc(C)n1.